The van der Waals surface area contributed by atoms with Crippen molar-refractivity contribution in [1.82, 2.24) is 5.06 Å². The number of rotatable bonds is 1. The lowest BCUT2D eigenvalue weighted by molar-refractivity contribution is -0.205. The van der Waals surface area contributed by atoms with Gasteiger partial charge in [-0.1, -0.05) is 0 Å². The van der Waals surface area contributed by atoms with Crippen molar-refractivity contribution in [1.29, 1.82) is 0 Å². The zero-order valence-corrected chi connectivity index (χ0v) is 9.50. The van der Waals surface area contributed by atoms with Crippen molar-refractivity contribution in [2.75, 3.05) is 0 Å². The number of carbonyl (C=O) groups excluding carboxylic acids is 1. The smallest absolute Gasteiger partial charge is 0.302 e. The minimum Gasteiger partial charge on any atom is -0.460 e. The molecule has 0 aliphatic carbocycles. The Hall–Kier alpha value is -0.610. The highest BCUT2D eigenvalue weighted by molar-refractivity contribution is 5.66. The summed E-state index contributed by atoms with van der Waals surface area (Å²) in [6.07, 6.45) is 0.399. The minimum absolute atomic E-state index is 0.250. The molecule has 4 heteroatoms. The number of hydrogen-bond donors (Lipinski definition) is 1. The molecule has 1 saturated heterocycles. The van der Waals surface area contributed by atoms with Gasteiger partial charge in [-0.25, -0.2) is 0 Å². The molecule has 1 rings (SSSR count). The third kappa shape index (κ3) is 1.77. The molecule has 0 bridgehead atoms. The van der Waals surface area contributed by atoms with Crippen molar-refractivity contribution < 1.29 is 14.7 Å². The van der Waals surface area contributed by atoms with E-state index in [1.54, 1.807) is 0 Å². The van der Waals surface area contributed by atoms with Crippen LogP contribution in [0.15, 0.2) is 0 Å². The van der Waals surface area contributed by atoms with Gasteiger partial charge in [-0.2, -0.15) is 5.06 Å². The van der Waals surface area contributed by atoms with Crippen molar-refractivity contribution in [3.05, 3.63) is 0 Å². The lowest BCUT2D eigenvalue weighted by Gasteiger charge is -2.35. The highest BCUT2D eigenvalue weighted by Gasteiger charge is 2.53. The number of esters is 1. The Morgan fingerprint density at radius 1 is 1.43 bits per heavy atom. The van der Waals surface area contributed by atoms with Gasteiger partial charge in [-0.15, -0.1) is 0 Å². The molecule has 1 N–H and O–H groups in total. The average Bonchev–Trinajstić information content (AvgIpc) is 2.12. The second-order valence-corrected chi connectivity index (χ2v) is 5.08. The maximum Gasteiger partial charge on any atom is 0.302 e. The van der Waals surface area contributed by atoms with Crippen LogP contribution in [0.1, 0.15) is 41.0 Å². The maximum atomic E-state index is 10.9. The van der Waals surface area contributed by atoms with Gasteiger partial charge in [0.15, 0.2) is 0 Å². The van der Waals surface area contributed by atoms with E-state index in [1.165, 1.54) is 12.0 Å². The quantitative estimate of drug-likeness (QED) is 0.654. The largest absolute Gasteiger partial charge is 0.460 e. The molecular weight excluding hydrogens is 182 g/mol. The molecule has 1 aliphatic rings. The molecule has 1 unspecified atom stereocenters. The Kier molecular flexibility index (Phi) is 2.63. The summed E-state index contributed by atoms with van der Waals surface area (Å²) in [5.41, 5.74) is -0.862. The molecule has 1 heterocycles. The molecular formula is C10H19NO3. The first-order chi connectivity index (χ1) is 6.18. The van der Waals surface area contributed by atoms with Crippen LogP contribution in [0.25, 0.3) is 0 Å². The first-order valence-electron chi connectivity index (χ1n) is 4.84. The van der Waals surface area contributed by atoms with Crippen molar-refractivity contribution >= 4 is 5.97 Å². The van der Waals surface area contributed by atoms with E-state index in [9.17, 15) is 10.0 Å². The van der Waals surface area contributed by atoms with Crippen LogP contribution < -0.4 is 0 Å². The van der Waals surface area contributed by atoms with Crippen LogP contribution in [0.2, 0.25) is 0 Å². The fraction of sp³-hybridized carbons (Fsp3) is 0.900. The van der Waals surface area contributed by atoms with Gasteiger partial charge in [-0.05, 0) is 27.7 Å². The van der Waals surface area contributed by atoms with Crippen molar-refractivity contribution in [2.24, 2.45) is 0 Å². The number of hydroxylamine groups is 2. The Labute approximate surface area is 84.8 Å². The second kappa shape index (κ2) is 3.21. The predicted molar refractivity (Wildman–Crippen MR) is 52.0 cm³/mol. The van der Waals surface area contributed by atoms with Gasteiger partial charge in [0.25, 0.3) is 0 Å². The van der Waals surface area contributed by atoms with Crippen LogP contribution in [0.3, 0.4) is 0 Å². The number of ether oxygens (including phenoxy) is 1. The van der Waals surface area contributed by atoms with Crippen LogP contribution in [0, 0.1) is 0 Å². The van der Waals surface area contributed by atoms with E-state index in [4.69, 9.17) is 4.74 Å². The summed E-state index contributed by atoms with van der Waals surface area (Å²) in [6.45, 7) is 8.99. The van der Waals surface area contributed by atoms with E-state index in [1.807, 2.05) is 27.7 Å². The third-order valence-corrected chi connectivity index (χ3v) is 2.90. The van der Waals surface area contributed by atoms with Gasteiger partial charge < -0.3 is 9.94 Å². The van der Waals surface area contributed by atoms with Gasteiger partial charge in [0.2, 0.25) is 0 Å². The van der Waals surface area contributed by atoms with E-state index < -0.39 is 5.54 Å². The Morgan fingerprint density at radius 3 is 2.21 bits per heavy atom. The molecule has 1 fully saturated rings. The summed E-state index contributed by atoms with van der Waals surface area (Å²) in [7, 11) is 0. The first-order valence-corrected chi connectivity index (χ1v) is 4.84. The second-order valence-electron chi connectivity index (χ2n) is 5.08. The normalized spacial score (nSPS) is 30.3. The van der Waals surface area contributed by atoms with Gasteiger partial charge in [0.1, 0.15) is 6.10 Å². The fourth-order valence-electron chi connectivity index (χ4n) is 2.09. The van der Waals surface area contributed by atoms with Crippen LogP contribution >= 0.6 is 0 Å². The van der Waals surface area contributed by atoms with Crippen LogP contribution in [0.5, 0.6) is 0 Å². The lowest BCUT2D eigenvalue weighted by atomic mass is 9.97. The predicted octanol–water partition coefficient (Wildman–Crippen LogP) is 1.57. The summed E-state index contributed by atoms with van der Waals surface area (Å²) in [4.78, 5) is 10.9. The molecule has 14 heavy (non-hydrogen) atoms. The third-order valence-electron chi connectivity index (χ3n) is 2.90. The van der Waals surface area contributed by atoms with E-state index in [2.05, 4.69) is 0 Å². The zero-order chi connectivity index (χ0) is 11.1. The van der Waals surface area contributed by atoms with E-state index >= 15 is 0 Å². The Bertz CT molecular complexity index is 248. The Morgan fingerprint density at radius 2 is 1.93 bits per heavy atom. The van der Waals surface area contributed by atoms with Gasteiger partial charge in [-0.3, -0.25) is 4.79 Å². The van der Waals surface area contributed by atoms with Crippen LogP contribution in [-0.4, -0.2) is 33.4 Å². The molecule has 0 aromatic carbocycles. The molecule has 4 nitrogen and oxygen atoms in total. The topological polar surface area (TPSA) is 49.8 Å². The lowest BCUT2D eigenvalue weighted by Crippen LogP contribution is -2.49. The molecule has 0 amide bonds. The van der Waals surface area contributed by atoms with Crippen LogP contribution in [0.4, 0.5) is 0 Å². The van der Waals surface area contributed by atoms with E-state index in [0.717, 1.165) is 0 Å². The first kappa shape index (κ1) is 11.5. The number of nitrogens with zero attached hydrogens (tertiary/aromatic N) is 1. The van der Waals surface area contributed by atoms with Gasteiger partial charge in [0, 0.05) is 18.9 Å². The molecule has 1 aliphatic heterocycles. The highest BCUT2D eigenvalue weighted by Crippen LogP contribution is 2.40. The summed E-state index contributed by atoms with van der Waals surface area (Å²) in [6, 6.07) is 0. The Balaban J connectivity index is 2.85. The van der Waals surface area contributed by atoms with E-state index in [0.29, 0.717) is 6.42 Å². The molecule has 0 aromatic rings. The van der Waals surface area contributed by atoms with Gasteiger partial charge in [0.05, 0.1) is 5.54 Å². The fourth-order valence-corrected chi connectivity index (χ4v) is 2.09. The average molecular weight is 201 g/mol. The molecule has 1 atom stereocenters. The van der Waals surface area contributed by atoms with Crippen molar-refractivity contribution in [3.63, 3.8) is 0 Å². The molecule has 0 radical (unpaired) electrons. The molecule has 0 saturated carbocycles. The number of hydrogen-bond acceptors (Lipinski definition) is 4. The van der Waals surface area contributed by atoms with Crippen molar-refractivity contribution in [3.8, 4) is 0 Å². The zero-order valence-electron chi connectivity index (χ0n) is 9.50. The van der Waals surface area contributed by atoms with Crippen LogP contribution in [-0.2, 0) is 9.53 Å². The van der Waals surface area contributed by atoms with E-state index in [-0.39, 0.29) is 17.6 Å². The van der Waals surface area contributed by atoms with Crippen molar-refractivity contribution in [2.45, 2.75) is 58.2 Å². The summed E-state index contributed by atoms with van der Waals surface area (Å²) in [5.74, 6) is -0.297. The minimum atomic E-state index is -0.519. The molecule has 82 valence electrons. The molecule has 0 spiro atoms. The number of carbonyl (C=O) groups is 1. The SMILES string of the molecule is CC(=O)OC1CC(C)(C)N(O)C1(C)C. The summed E-state index contributed by atoms with van der Waals surface area (Å²) in [5, 5.41) is 11.2. The highest BCUT2D eigenvalue weighted by atomic mass is 16.6. The summed E-state index contributed by atoms with van der Waals surface area (Å²) < 4.78 is 5.19. The standard InChI is InChI=1S/C10H19NO3/c1-7(12)14-8-6-9(2,3)11(13)10(8,4)5/h8,13H,6H2,1-5H3. The monoisotopic (exact) mass is 201 g/mol. The molecule has 0 aromatic heterocycles. The summed E-state index contributed by atoms with van der Waals surface area (Å²) >= 11 is 0. The maximum absolute atomic E-state index is 10.9. The van der Waals surface area contributed by atoms with Gasteiger partial charge >= 0.3 is 5.97 Å².